The van der Waals surface area contributed by atoms with Gasteiger partial charge in [-0.25, -0.2) is 4.79 Å². The Hall–Kier alpha value is -3.06. The fourth-order valence-electron chi connectivity index (χ4n) is 3.82. The van der Waals surface area contributed by atoms with Gasteiger partial charge in [-0.3, -0.25) is 4.79 Å². The van der Waals surface area contributed by atoms with Gasteiger partial charge in [-0.2, -0.15) is 0 Å². The maximum atomic E-state index is 12.9. The van der Waals surface area contributed by atoms with Gasteiger partial charge in [-0.1, -0.05) is 44.2 Å². The molecule has 7 heteroatoms. The molecule has 1 fully saturated rings. The van der Waals surface area contributed by atoms with Gasteiger partial charge >= 0.3 is 5.97 Å². The van der Waals surface area contributed by atoms with Crippen LogP contribution in [0.15, 0.2) is 48.5 Å². The molecule has 1 N–H and O–H groups in total. The summed E-state index contributed by atoms with van der Waals surface area (Å²) in [6.45, 7) is 5.35. The number of hydrogen-bond donors (Lipinski definition) is 1. The van der Waals surface area contributed by atoms with Crippen molar-refractivity contribution in [1.82, 2.24) is 4.90 Å². The number of carbonyl (C=O) groups is 2. The minimum absolute atomic E-state index is 0.0730. The SMILES string of the molecule is COc1cc(C(=O)O)ccc1OC[C@@H]1C[C@H](OCc2ccccc2)CN1C(=O)CC(C)C. The Kier molecular flexibility index (Phi) is 8.11. The minimum Gasteiger partial charge on any atom is -0.493 e. The highest BCUT2D eigenvalue weighted by atomic mass is 16.5. The lowest BCUT2D eigenvalue weighted by Crippen LogP contribution is -2.39. The number of nitrogens with zero attached hydrogens (tertiary/aromatic N) is 1. The molecule has 3 rings (SSSR count). The van der Waals surface area contributed by atoms with Crippen LogP contribution in [0.2, 0.25) is 0 Å². The van der Waals surface area contributed by atoms with E-state index in [4.69, 9.17) is 14.2 Å². The highest BCUT2D eigenvalue weighted by molar-refractivity contribution is 5.88. The average Bonchev–Trinajstić information content (AvgIpc) is 3.19. The van der Waals surface area contributed by atoms with E-state index < -0.39 is 5.97 Å². The number of methoxy groups -OCH3 is 1. The van der Waals surface area contributed by atoms with Gasteiger partial charge < -0.3 is 24.2 Å². The molecule has 7 nitrogen and oxygen atoms in total. The topological polar surface area (TPSA) is 85.3 Å². The molecule has 1 aliphatic rings. The van der Waals surface area contributed by atoms with Crippen LogP contribution in [0.4, 0.5) is 0 Å². The van der Waals surface area contributed by atoms with Gasteiger partial charge in [0.25, 0.3) is 0 Å². The summed E-state index contributed by atoms with van der Waals surface area (Å²) in [5, 5.41) is 9.17. The van der Waals surface area contributed by atoms with Crippen LogP contribution in [0, 0.1) is 5.92 Å². The lowest BCUT2D eigenvalue weighted by Gasteiger charge is -2.25. The number of hydrogen-bond acceptors (Lipinski definition) is 5. The lowest BCUT2D eigenvalue weighted by molar-refractivity contribution is -0.133. The summed E-state index contributed by atoms with van der Waals surface area (Å²) >= 11 is 0. The number of carboxylic acids is 1. The van der Waals surface area contributed by atoms with E-state index in [0.29, 0.717) is 37.5 Å². The zero-order chi connectivity index (χ0) is 23.1. The molecule has 1 saturated heterocycles. The number of carbonyl (C=O) groups excluding carboxylic acids is 1. The first-order chi connectivity index (χ1) is 15.4. The number of carboxylic acid groups (broad SMARTS) is 1. The fraction of sp³-hybridized carbons (Fsp3) is 0.440. The monoisotopic (exact) mass is 441 g/mol. The number of likely N-dealkylation sites (tertiary alicyclic amines) is 1. The van der Waals surface area contributed by atoms with E-state index in [1.54, 1.807) is 6.07 Å². The Morgan fingerprint density at radius 3 is 2.53 bits per heavy atom. The second kappa shape index (κ2) is 11.0. The summed E-state index contributed by atoms with van der Waals surface area (Å²) in [7, 11) is 1.47. The third kappa shape index (κ3) is 6.23. The van der Waals surface area contributed by atoms with Gasteiger partial charge in [-0.05, 0) is 36.1 Å². The number of rotatable bonds is 10. The lowest BCUT2D eigenvalue weighted by atomic mass is 10.1. The van der Waals surface area contributed by atoms with Crippen molar-refractivity contribution in [1.29, 1.82) is 0 Å². The van der Waals surface area contributed by atoms with Crippen LogP contribution in [0.1, 0.15) is 42.6 Å². The molecule has 0 aromatic heterocycles. The van der Waals surface area contributed by atoms with E-state index in [2.05, 4.69) is 0 Å². The molecule has 0 bridgehead atoms. The van der Waals surface area contributed by atoms with Crippen molar-refractivity contribution < 1.29 is 28.9 Å². The highest BCUT2D eigenvalue weighted by Gasteiger charge is 2.36. The van der Waals surface area contributed by atoms with Crippen molar-refractivity contribution in [3.8, 4) is 11.5 Å². The summed E-state index contributed by atoms with van der Waals surface area (Å²) in [5.41, 5.74) is 1.22. The van der Waals surface area contributed by atoms with Gasteiger partial charge in [0.15, 0.2) is 11.5 Å². The quantitative estimate of drug-likeness (QED) is 0.600. The molecule has 1 heterocycles. The van der Waals surface area contributed by atoms with Gasteiger partial charge in [0.2, 0.25) is 5.91 Å². The van der Waals surface area contributed by atoms with Crippen LogP contribution >= 0.6 is 0 Å². The van der Waals surface area contributed by atoms with E-state index in [1.807, 2.05) is 49.1 Å². The Labute approximate surface area is 188 Å². The van der Waals surface area contributed by atoms with E-state index in [-0.39, 0.29) is 36.1 Å². The number of ether oxygens (including phenoxy) is 3. The molecular formula is C25H31NO6. The van der Waals surface area contributed by atoms with Crippen LogP contribution in [0.25, 0.3) is 0 Å². The smallest absolute Gasteiger partial charge is 0.335 e. The van der Waals surface area contributed by atoms with Crippen molar-refractivity contribution in [3.63, 3.8) is 0 Å². The largest absolute Gasteiger partial charge is 0.493 e. The molecule has 0 spiro atoms. The highest BCUT2D eigenvalue weighted by Crippen LogP contribution is 2.30. The van der Waals surface area contributed by atoms with Gasteiger partial charge in [-0.15, -0.1) is 0 Å². The van der Waals surface area contributed by atoms with Crippen LogP contribution < -0.4 is 9.47 Å². The first kappa shape index (κ1) is 23.6. The second-order valence-corrected chi connectivity index (χ2v) is 8.43. The molecule has 172 valence electrons. The molecule has 2 aromatic carbocycles. The van der Waals surface area contributed by atoms with Gasteiger partial charge in [0, 0.05) is 13.0 Å². The molecule has 0 saturated carbocycles. The molecule has 1 aliphatic heterocycles. The molecule has 2 aromatic rings. The maximum absolute atomic E-state index is 12.9. The van der Waals surface area contributed by atoms with Gasteiger partial charge in [0.05, 0.1) is 31.4 Å². The molecule has 1 amide bonds. The first-order valence-corrected chi connectivity index (χ1v) is 10.9. The Morgan fingerprint density at radius 1 is 1.12 bits per heavy atom. The molecule has 0 radical (unpaired) electrons. The number of amides is 1. The predicted molar refractivity (Wildman–Crippen MR) is 120 cm³/mol. The third-order valence-electron chi connectivity index (χ3n) is 5.45. The van der Waals surface area contributed by atoms with E-state index in [9.17, 15) is 14.7 Å². The molecular weight excluding hydrogens is 410 g/mol. The fourth-order valence-corrected chi connectivity index (χ4v) is 3.82. The zero-order valence-corrected chi connectivity index (χ0v) is 18.8. The van der Waals surface area contributed by atoms with E-state index in [1.165, 1.54) is 19.2 Å². The van der Waals surface area contributed by atoms with Crippen molar-refractivity contribution >= 4 is 11.9 Å². The first-order valence-electron chi connectivity index (χ1n) is 10.9. The summed E-state index contributed by atoms with van der Waals surface area (Å²) in [6, 6.07) is 14.3. The average molecular weight is 442 g/mol. The number of aromatic carboxylic acids is 1. The zero-order valence-electron chi connectivity index (χ0n) is 18.8. The van der Waals surface area contributed by atoms with Crippen molar-refractivity contribution in [2.45, 2.75) is 45.4 Å². The summed E-state index contributed by atoms with van der Waals surface area (Å²) in [5.74, 6) is 0.112. The van der Waals surface area contributed by atoms with Gasteiger partial charge in [0.1, 0.15) is 6.61 Å². The Morgan fingerprint density at radius 2 is 1.88 bits per heavy atom. The maximum Gasteiger partial charge on any atom is 0.335 e. The second-order valence-electron chi connectivity index (χ2n) is 8.43. The third-order valence-corrected chi connectivity index (χ3v) is 5.45. The number of benzene rings is 2. The summed E-state index contributed by atoms with van der Waals surface area (Å²) in [6.07, 6.45) is 1.07. The molecule has 2 atom stereocenters. The molecule has 0 aliphatic carbocycles. The summed E-state index contributed by atoms with van der Waals surface area (Å²) < 4.78 is 17.4. The Bertz CT molecular complexity index is 914. The van der Waals surface area contributed by atoms with Crippen LogP contribution in [-0.2, 0) is 16.1 Å². The minimum atomic E-state index is -1.03. The predicted octanol–water partition coefficient (Wildman–Crippen LogP) is 4.00. The van der Waals surface area contributed by atoms with E-state index >= 15 is 0 Å². The van der Waals surface area contributed by atoms with Crippen molar-refractivity contribution in [2.24, 2.45) is 5.92 Å². The van der Waals surface area contributed by atoms with Crippen LogP contribution in [-0.4, -0.2) is 54.3 Å². The normalized spacial score (nSPS) is 18.1. The molecule has 0 unspecified atom stereocenters. The van der Waals surface area contributed by atoms with Crippen molar-refractivity contribution in [2.75, 3.05) is 20.3 Å². The van der Waals surface area contributed by atoms with Crippen molar-refractivity contribution in [3.05, 3.63) is 59.7 Å². The summed E-state index contributed by atoms with van der Waals surface area (Å²) in [4.78, 5) is 25.9. The Balaban J connectivity index is 1.67. The van der Waals surface area contributed by atoms with Crippen LogP contribution in [0.5, 0.6) is 11.5 Å². The van der Waals surface area contributed by atoms with Crippen LogP contribution in [0.3, 0.4) is 0 Å². The van der Waals surface area contributed by atoms with E-state index in [0.717, 1.165) is 5.56 Å². The molecule has 32 heavy (non-hydrogen) atoms. The standard InChI is InChI=1S/C25H31NO6/c1-17(2)11-24(27)26-14-21(31-15-18-7-5-4-6-8-18)13-20(26)16-32-22-10-9-19(25(28)29)12-23(22)30-3/h4-10,12,17,20-21H,11,13-16H2,1-3H3,(H,28,29)/t20-,21-/m0/s1.